The van der Waals surface area contributed by atoms with Crippen LogP contribution in [0.3, 0.4) is 0 Å². The smallest absolute Gasteiger partial charge is 0.252 e. The van der Waals surface area contributed by atoms with Gasteiger partial charge in [-0.1, -0.05) is 6.92 Å². The molecule has 1 aliphatic carbocycles. The number of nitrogens with one attached hydrogen (secondary N) is 1. The van der Waals surface area contributed by atoms with E-state index in [1.807, 2.05) is 19.9 Å². The van der Waals surface area contributed by atoms with E-state index < -0.39 is 10.0 Å². The topological polar surface area (TPSA) is 49.4 Å². The van der Waals surface area contributed by atoms with Gasteiger partial charge in [0.15, 0.2) is 0 Å². The molecule has 0 aliphatic heterocycles. The van der Waals surface area contributed by atoms with E-state index in [0.717, 1.165) is 24.3 Å². The maximum atomic E-state index is 12.5. The lowest BCUT2D eigenvalue weighted by atomic mass is 10.3. The van der Waals surface area contributed by atoms with E-state index in [1.165, 1.54) is 28.5 Å². The minimum absolute atomic E-state index is 0.0297. The van der Waals surface area contributed by atoms with E-state index in [0.29, 0.717) is 10.3 Å². The minimum atomic E-state index is -3.33. The van der Waals surface area contributed by atoms with E-state index >= 15 is 0 Å². The third-order valence-corrected chi connectivity index (χ3v) is 7.45. The van der Waals surface area contributed by atoms with E-state index in [9.17, 15) is 8.42 Å². The van der Waals surface area contributed by atoms with E-state index in [2.05, 4.69) is 5.32 Å². The van der Waals surface area contributed by atoms with Gasteiger partial charge in [0.2, 0.25) is 0 Å². The van der Waals surface area contributed by atoms with Gasteiger partial charge in [-0.25, -0.2) is 8.42 Å². The summed E-state index contributed by atoms with van der Waals surface area (Å²) in [6, 6.07) is 4.42. The predicted octanol–water partition coefficient (Wildman–Crippen LogP) is 2.46. The van der Waals surface area contributed by atoms with E-state index in [1.54, 1.807) is 13.1 Å². The molecule has 2 rings (SSSR count). The van der Waals surface area contributed by atoms with Crippen molar-refractivity contribution in [2.24, 2.45) is 0 Å². The Morgan fingerprint density at radius 2 is 2.15 bits per heavy atom. The zero-order chi connectivity index (χ0) is 14.8. The van der Waals surface area contributed by atoms with Crippen molar-refractivity contribution in [3.63, 3.8) is 0 Å². The van der Waals surface area contributed by atoms with Crippen LogP contribution in [0.5, 0.6) is 0 Å². The average Bonchev–Trinajstić information content (AvgIpc) is 3.12. The minimum Gasteiger partial charge on any atom is -0.314 e. The first-order valence-electron chi connectivity index (χ1n) is 7.25. The first-order valence-corrected chi connectivity index (χ1v) is 9.51. The normalized spacial score (nSPS) is 17.6. The van der Waals surface area contributed by atoms with Crippen molar-refractivity contribution in [2.75, 3.05) is 13.6 Å². The van der Waals surface area contributed by atoms with Crippen LogP contribution < -0.4 is 5.32 Å². The molecule has 0 saturated heterocycles. The summed E-state index contributed by atoms with van der Waals surface area (Å²) in [7, 11) is -1.66. The van der Waals surface area contributed by atoms with Crippen molar-refractivity contribution in [3.05, 3.63) is 17.0 Å². The molecule has 6 heteroatoms. The second kappa shape index (κ2) is 6.56. The second-order valence-corrected chi connectivity index (χ2v) is 8.87. The van der Waals surface area contributed by atoms with Crippen LogP contribution >= 0.6 is 11.3 Å². The summed E-state index contributed by atoms with van der Waals surface area (Å²) in [6.07, 6.45) is 4.29. The van der Waals surface area contributed by atoms with Crippen molar-refractivity contribution in [2.45, 2.75) is 55.8 Å². The van der Waals surface area contributed by atoms with Gasteiger partial charge in [-0.15, -0.1) is 11.3 Å². The highest BCUT2D eigenvalue weighted by molar-refractivity contribution is 7.91. The highest BCUT2D eigenvalue weighted by Crippen LogP contribution is 2.26. The molecule has 0 bridgehead atoms. The third-order valence-electron chi connectivity index (χ3n) is 3.86. The van der Waals surface area contributed by atoms with E-state index in [4.69, 9.17) is 0 Å². The average molecular weight is 316 g/mol. The number of rotatable bonds is 8. The third kappa shape index (κ3) is 3.81. The molecule has 114 valence electrons. The molecule has 0 aromatic carbocycles. The quantitative estimate of drug-likeness (QED) is 0.801. The zero-order valence-electron chi connectivity index (χ0n) is 12.4. The van der Waals surface area contributed by atoms with Crippen LogP contribution in [0.4, 0.5) is 0 Å². The Bertz CT molecular complexity index is 535. The van der Waals surface area contributed by atoms with Crippen LogP contribution in [0.25, 0.3) is 0 Å². The number of thiophene rings is 1. The molecule has 1 heterocycles. The summed E-state index contributed by atoms with van der Waals surface area (Å²) in [5.74, 6) is 0. The Morgan fingerprint density at radius 1 is 1.45 bits per heavy atom. The fraction of sp³-hybridized carbons (Fsp3) is 0.714. The molecule has 1 unspecified atom stereocenters. The molecule has 0 spiro atoms. The van der Waals surface area contributed by atoms with Crippen LogP contribution in [0, 0.1) is 0 Å². The van der Waals surface area contributed by atoms with Crippen molar-refractivity contribution < 1.29 is 8.42 Å². The van der Waals surface area contributed by atoms with Crippen LogP contribution in [-0.4, -0.2) is 38.4 Å². The van der Waals surface area contributed by atoms with Gasteiger partial charge in [-0.2, -0.15) is 4.31 Å². The standard InChI is InChI=1S/C14H24N2O2S2/c1-4-11(2)16(3)20(17,18)14-8-7-13(19-14)9-10-15-12-5-6-12/h7-8,11-12,15H,4-6,9-10H2,1-3H3. The number of nitrogens with zero attached hydrogens (tertiary/aromatic N) is 1. The fourth-order valence-electron chi connectivity index (χ4n) is 1.95. The van der Waals surface area contributed by atoms with Gasteiger partial charge in [-0.05, 0) is 44.7 Å². The van der Waals surface area contributed by atoms with Crippen LogP contribution in [0.2, 0.25) is 0 Å². The second-order valence-electron chi connectivity index (χ2n) is 5.48. The molecule has 4 nitrogen and oxygen atoms in total. The Hall–Kier alpha value is -0.430. The van der Waals surface area contributed by atoms with E-state index in [-0.39, 0.29) is 6.04 Å². The molecule has 1 N–H and O–H groups in total. The highest BCUT2D eigenvalue weighted by Gasteiger charge is 2.26. The van der Waals surface area contributed by atoms with Crippen LogP contribution in [0.1, 0.15) is 38.0 Å². The van der Waals surface area contributed by atoms with Gasteiger partial charge >= 0.3 is 0 Å². The summed E-state index contributed by atoms with van der Waals surface area (Å²) in [6.45, 7) is 4.87. The molecule has 1 aromatic rings. The lowest BCUT2D eigenvalue weighted by Gasteiger charge is -2.22. The lowest BCUT2D eigenvalue weighted by Crippen LogP contribution is -2.34. The summed E-state index contributed by atoms with van der Waals surface area (Å²) in [5.41, 5.74) is 0. The molecule has 1 fully saturated rings. The molecular formula is C14H24N2O2S2. The molecule has 1 aliphatic rings. The van der Waals surface area contributed by atoms with Gasteiger partial charge in [0.1, 0.15) is 4.21 Å². The maximum absolute atomic E-state index is 12.5. The summed E-state index contributed by atoms with van der Waals surface area (Å²) in [5, 5.41) is 3.45. The predicted molar refractivity (Wildman–Crippen MR) is 83.7 cm³/mol. The Morgan fingerprint density at radius 3 is 2.75 bits per heavy atom. The summed E-state index contributed by atoms with van der Waals surface area (Å²) in [4.78, 5) is 1.13. The van der Waals surface area contributed by atoms with Crippen LogP contribution in [-0.2, 0) is 16.4 Å². The number of hydrogen-bond donors (Lipinski definition) is 1. The first-order chi connectivity index (χ1) is 9.45. The Kier molecular flexibility index (Phi) is 5.23. The van der Waals surface area contributed by atoms with Crippen molar-refractivity contribution in [1.82, 2.24) is 9.62 Å². The molecule has 1 saturated carbocycles. The zero-order valence-corrected chi connectivity index (χ0v) is 14.1. The van der Waals surface area contributed by atoms with Crippen molar-refractivity contribution in [3.8, 4) is 0 Å². The molecule has 1 atom stereocenters. The number of sulfonamides is 1. The monoisotopic (exact) mass is 316 g/mol. The van der Waals surface area contributed by atoms with Gasteiger partial charge < -0.3 is 5.32 Å². The molecule has 0 radical (unpaired) electrons. The number of hydrogen-bond acceptors (Lipinski definition) is 4. The Labute approximate surface area is 126 Å². The van der Waals surface area contributed by atoms with Gasteiger partial charge in [0, 0.05) is 30.6 Å². The maximum Gasteiger partial charge on any atom is 0.252 e. The fourth-order valence-corrected chi connectivity index (χ4v) is 4.93. The SMILES string of the molecule is CCC(C)N(C)S(=O)(=O)c1ccc(CCNC2CC2)s1. The highest BCUT2D eigenvalue weighted by atomic mass is 32.2. The molecule has 20 heavy (non-hydrogen) atoms. The first kappa shape index (κ1) is 15.9. The van der Waals surface area contributed by atoms with Gasteiger partial charge in [0.25, 0.3) is 10.0 Å². The lowest BCUT2D eigenvalue weighted by molar-refractivity contribution is 0.381. The molecule has 0 amide bonds. The van der Waals surface area contributed by atoms with Crippen molar-refractivity contribution in [1.29, 1.82) is 0 Å². The largest absolute Gasteiger partial charge is 0.314 e. The van der Waals surface area contributed by atoms with Gasteiger partial charge in [-0.3, -0.25) is 0 Å². The van der Waals surface area contributed by atoms with Crippen LogP contribution in [0.15, 0.2) is 16.3 Å². The molecule has 1 aromatic heterocycles. The van der Waals surface area contributed by atoms with Gasteiger partial charge in [0.05, 0.1) is 0 Å². The Balaban J connectivity index is 1.98. The summed E-state index contributed by atoms with van der Waals surface area (Å²) < 4.78 is 26.9. The summed E-state index contributed by atoms with van der Waals surface area (Å²) >= 11 is 1.40. The van der Waals surface area contributed by atoms with Crippen molar-refractivity contribution >= 4 is 21.4 Å². The molecular weight excluding hydrogens is 292 g/mol.